The van der Waals surface area contributed by atoms with Crippen LogP contribution >= 0.6 is 0 Å². The summed E-state index contributed by atoms with van der Waals surface area (Å²) in [5.74, 6) is 1.93. The number of hydrogen-bond acceptors (Lipinski definition) is 1. The first-order valence-electron chi connectivity index (χ1n) is 5.58. The molecular weight excluding hydrogens is 146 g/mol. The van der Waals surface area contributed by atoms with Crippen molar-refractivity contribution in [2.45, 2.75) is 51.9 Å². The molecule has 1 aliphatic carbocycles. The van der Waals surface area contributed by atoms with Gasteiger partial charge in [0.15, 0.2) is 0 Å². The standard InChI is InChI=1S/C11H23N/c1-2-10-6-4-3-5-7-11(10)8-9-12/h10-11H,2-9,12H2,1H3/t10-,11?/m1/s1. The van der Waals surface area contributed by atoms with Crippen molar-refractivity contribution < 1.29 is 0 Å². The Morgan fingerprint density at radius 3 is 2.33 bits per heavy atom. The van der Waals surface area contributed by atoms with Crippen LogP contribution in [-0.4, -0.2) is 6.54 Å². The van der Waals surface area contributed by atoms with E-state index in [1.807, 2.05) is 0 Å². The Hall–Kier alpha value is -0.0400. The highest BCUT2D eigenvalue weighted by molar-refractivity contribution is 4.73. The molecule has 2 N–H and O–H groups in total. The molecule has 0 aromatic rings. The Morgan fingerprint density at radius 1 is 1.08 bits per heavy atom. The Bertz CT molecular complexity index is 112. The van der Waals surface area contributed by atoms with Gasteiger partial charge in [-0.1, -0.05) is 45.4 Å². The second-order valence-electron chi connectivity index (χ2n) is 4.14. The molecule has 0 radical (unpaired) electrons. The van der Waals surface area contributed by atoms with Gasteiger partial charge < -0.3 is 5.73 Å². The van der Waals surface area contributed by atoms with E-state index in [9.17, 15) is 0 Å². The molecule has 12 heavy (non-hydrogen) atoms. The summed E-state index contributed by atoms with van der Waals surface area (Å²) in [6.45, 7) is 3.22. The maximum atomic E-state index is 5.63. The summed E-state index contributed by atoms with van der Waals surface area (Å²) in [5.41, 5.74) is 5.63. The van der Waals surface area contributed by atoms with Crippen LogP contribution in [0.4, 0.5) is 0 Å². The normalized spacial score (nSPS) is 31.5. The molecule has 1 rings (SSSR count). The van der Waals surface area contributed by atoms with Crippen LogP contribution in [0.1, 0.15) is 51.9 Å². The summed E-state index contributed by atoms with van der Waals surface area (Å²) in [7, 11) is 0. The van der Waals surface area contributed by atoms with E-state index in [4.69, 9.17) is 5.73 Å². The fourth-order valence-electron chi connectivity index (χ4n) is 2.59. The van der Waals surface area contributed by atoms with Crippen molar-refractivity contribution >= 4 is 0 Å². The van der Waals surface area contributed by atoms with Gasteiger partial charge >= 0.3 is 0 Å². The topological polar surface area (TPSA) is 26.0 Å². The van der Waals surface area contributed by atoms with Crippen molar-refractivity contribution in [1.82, 2.24) is 0 Å². The molecule has 2 atom stereocenters. The van der Waals surface area contributed by atoms with Crippen LogP contribution in [0.25, 0.3) is 0 Å². The Labute approximate surface area is 76.7 Å². The van der Waals surface area contributed by atoms with E-state index >= 15 is 0 Å². The van der Waals surface area contributed by atoms with Crippen LogP contribution in [-0.2, 0) is 0 Å². The number of nitrogens with two attached hydrogens (primary N) is 1. The molecule has 1 saturated carbocycles. The zero-order chi connectivity index (χ0) is 8.81. The average molecular weight is 169 g/mol. The third-order valence-corrected chi connectivity index (χ3v) is 3.38. The smallest absolute Gasteiger partial charge is 0.00745 e. The molecule has 0 spiro atoms. The number of hydrogen-bond donors (Lipinski definition) is 1. The predicted octanol–water partition coefficient (Wildman–Crippen LogP) is 2.94. The van der Waals surface area contributed by atoms with Gasteiger partial charge in [0.1, 0.15) is 0 Å². The molecule has 1 nitrogen and oxygen atoms in total. The van der Waals surface area contributed by atoms with Crippen molar-refractivity contribution in [3.05, 3.63) is 0 Å². The third kappa shape index (κ3) is 2.78. The zero-order valence-corrected chi connectivity index (χ0v) is 8.39. The Kier molecular flexibility index (Phi) is 4.67. The zero-order valence-electron chi connectivity index (χ0n) is 8.39. The maximum Gasteiger partial charge on any atom is -0.00745 e. The molecule has 0 saturated heterocycles. The van der Waals surface area contributed by atoms with Gasteiger partial charge in [0.25, 0.3) is 0 Å². The van der Waals surface area contributed by atoms with E-state index in [0.29, 0.717) is 0 Å². The molecule has 1 unspecified atom stereocenters. The van der Waals surface area contributed by atoms with Gasteiger partial charge in [-0.3, -0.25) is 0 Å². The third-order valence-electron chi connectivity index (χ3n) is 3.38. The van der Waals surface area contributed by atoms with Crippen LogP contribution in [0.5, 0.6) is 0 Å². The molecule has 1 heteroatoms. The monoisotopic (exact) mass is 169 g/mol. The molecule has 72 valence electrons. The van der Waals surface area contributed by atoms with Crippen molar-refractivity contribution in [2.75, 3.05) is 6.54 Å². The lowest BCUT2D eigenvalue weighted by Crippen LogP contribution is -2.16. The van der Waals surface area contributed by atoms with Crippen LogP contribution in [0.3, 0.4) is 0 Å². The van der Waals surface area contributed by atoms with E-state index in [2.05, 4.69) is 6.92 Å². The largest absolute Gasteiger partial charge is 0.330 e. The van der Waals surface area contributed by atoms with Gasteiger partial charge in [0, 0.05) is 0 Å². The van der Waals surface area contributed by atoms with Crippen molar-refractivity contribution in [3.63, 3.8) is 0 Å². The lowest BCUT2D eigenvalue weighted by Gasteiger charge is -2.23. The Morgan fingerprint density at radius 2 is 1.75 bits per heavy atom. The maximum absolute atomic E-state index is 5.63. The summed E-state index contributed by atoms with van der Waals surface area (Å²) in [6.07, 6.45) is 9.89. The highest BCUT2D eigenvalue weighted by atomic mass is 14.5. The highest BCUT2D eigenvalue weighted by Gasteiger charge is 2.20. The first kappa shape index (κ1) is 10.0. The van der Waals surface area contributed by atoms with E-state index in [0.717, 1.165) is 18.4 Å². The lowest BCUT2D eigenvalue weighted by atomic mass is 9.84. The number of rotatable bonds is 3. The SMILES string of the molecule is CC[C@@H]1CCCCCC1CCN. The van der Waals surface area contributed by atoms with Gasteiger partial charge in [-0.05, 0) is 24.8 Å². The summed E-state index contributed by atoms with van der Waals surface area (Å²) >= 11 is 0. The van der Waals surface area contributed by atoms with Gasteiger partial charge in [-0.15, -0.1) is 0 Å². The quantitative estimate of drug-likeness (QED) is 0.646. The average Bonchev–Trinajstić information content (AvgIpc) is 2.30. The van der Waals surface area contributed by atoms with Crippen molar-refractivity contribution in [3.8, 4) is 0 Å². The second-order valence-corrected chi connectivity index (χ2v) is 4.14. The lowest BCUT2D eigenvalue weighted by molar-refractivity contribution is 0.290. The summed E-state index contributed by atoms with van der Waals surface area (Å²) in [5, 5.41) is 0. The highest BCUT2D eigenvalue weighted by Crippen LogP contribution is 2.32. The van der Waals surface area contributed by atoms with Crippen molar-refractivity contribution in [1.29, 1.82) is 0 Å². The minimum Gasteiger partial charge on any atom is -0.330 e. The van der Waals surface area contributed by atoms with E-state index < -0.39 is 0 Å². The molecule has 0 aromatic heterocycles. The Balaban J connectivity index is 2.39. The van der Waals surface area contributed by atoms with Gasteiger partial charge in [-0.2, -0.15) is 0 Å². The first-order chi connectivity index (χ1) is 5.88. The summed E-state index contributed by atoms with van der Waals surface area (Å²) in [4.78, 5) is 0. The van der Waals surface area contributed by atoms with Gasteiger partial charge in [0.05, 0.1) is 0 Å². The van der Waals surface area contributed by atoms with Crippen LogP contribution < -0.4 is 5.73 Å². The van der Waals surface area contributed by atoms with Gasteiger partial charge in [-0.25, -0.2) is 0 Å². The van der Waals surface area contributed by atoms with Crippen LogP contribution in [0.15, 0.2) is 0 Å². The van der Waals surface area contributed by atoms with E-state index in [1.54, 1.807) is 0 Å². The molecule has 0 bridgehead atoms. The fourth-order valence-corrected chi connectivity index (χ4v) is 2.59. The summed E-state index contributed by atoms with van der Waals surface area (Å²) < 4.78 is 0. The minimum atomic E-state index is 0.890. The fraction of sp³-hybridized carbons (Fsp3) is 1.00. The van der Waals surface area contributed by atoms with E-state index in [1.165, 1.54) is 44.9 Å². The first-order valence-corrected chi connectivity index (χ1v) is 5.58. The van der Waals surface area contributed by atoms with Gasteiger partial charge in [0.2, 0.25) is 0 Å². The predicted molar refractivity (Wildman–Crippen MR) is 54.0 cm³/mol. The minimum absolute atomic E-state index is 0.890. The molecule has 1 aliphatic rings. The van der Waals surface area contributed by atoms with Crippen LogP contribution in [0, 0.1) is 11.8 Å². The molecular formula is C11H23N. The molecule has 0 aromatic carbocycles. The van der Waals surface area contributed by atoms with Crippen LogP contribution in [0.2, 0.25) is 0 Å². The molecule has 0 aliphatic heterocycles. The molecule has 0 heterocycles. The summed E-state index contributed by atoms with van der Waals surface area (Å²) in [6, 6.07) is 0. The van der Waals surface area contributed by atoms with Crippen molar-refractivity contribution in [2.24, 2.45) is 17.6 Å². The molecule has 1 fully saturated rings. The second kappa shape index (κ2) is 5.58. The molecule has 0 amide bonds. The van der Waals surface area contributed by atoms with E-state index in [-0.39, 0.29) is 0 Å².